The first-order chi connectivity index (χ1) is 13.3. The molecule has 0 atom stereocenters. The normalized spacial score (nSPS) is 14.9. The summed E-state index contributed by atoms with van der Waals surface area (Å²) in [5.74, 6) is 1.12. The number of imidazole rings is 1. The van der Waals surface area contributed by atoms with Gasteiger partial charge in [0.15, 0.2) is 0 Å². The number of aryl methyl sites for hydroxylation is 1. The molecule has 0 saturated heterocycles. The average molecular weight is 389 g/mol. The average Bonchev–Trinajstić information content (AvgIpc) is 3.06. The molecule has 4 rings (SSSR count). The molecule has 0 fully saturated rings. The highest BCUT2D eigenvalue weighted by atomic mass is 19.4. The van der Waals surface area contributed by atoms with Crippen molar-refractivity contribution in [2.75, 3.05) is 6.54 Å². The van der Waals surface area contributed by atoms with Crippen LogP contribution in [0.4, 0.5) is 13.2 Å². The van der Waals surface area contributed by atoms with Crippen LogP contribution in [0.1, 0.15) is 28.3 Å². The van der Waals surface area contributed by atoms with Crippen LogP contribution < -0.4 is 5.56 Å². The molecule has 6 nitrogen and oxygen atoms in total. The summed E-state index contributed by atoms with van der Waals surface area (Å²) in [7, 11) is 0. The number of aromatic amines is 2. The summed E-state index contributed by atoms with van der Waals surface area (Å²) in [6.45, 7) is 3.70. The van der Waals surface area contributed by atoms with Gasteiger partial charge in [-0.1, -0.05) is 12.1 Å². The van der Waals surface area contributed by atoms with E-state index in [0.717, 1.165) is 30.2 Å². The molecule has 3 aromatic rings. The molecule has 0 spiro atoms. The monoisotopic (exact) mass is 389 g/mol. The second-order valence-corrected chi connectivity index (χ2v) is 6.89. The topological polar surface area (TPSA) is 77.7 Å². The quantitative estimate of drug-likeness (QED) is 0.722. The molecule has 146 valence electrons. The number of H-pyrrole nitrogens is 2. The Morgan fingerprint density at radius 3 is 2.57 bits per heavy atom. The third kappa shape index (κ3) is 3.70. The molecule has 3 heterocycles. The highest BCUT2D eigenvalue weighted by molar-refractivity contribution is 5.56. The summed E-state index contributed by atoms with van der Waals surface area (Å²) in [6, 6.07) is 4.62. The molecule has 1 aliphatic rings. The fraction of sp³-hybridized carbons (Fsp3) is 0.316. The van der Waals surface area contributed by atoms with Gasteiger partial charge in [0.25, 0.3) is 5.56 Å². The van der Waals surface area contributed by atoms with Crippen molar-refractivity contribution >= 4 is 0 Å². The van der Waals surface area contributed by atoms with Crippen LogP contribution in [0.3, 0.4) is 0 Å². The van der Waals surface area contributed by atoms with Crippen LogP contribution in [0.15, 0.2) is 35.3 Å². The van der Waals surface area contributed by atoms with Crippen LogP contribution in [0.2, 0.25) is 0 Å². The van der Waals surface area contributed by atoms with Gasteiger partial charge in [0.2, 0.25) is 0 Å². The van der Waals surface area contributed by atoms with E-state index < -0.39 is 11.7 Å². The number of nitrogens with one attached hydrogen (secondary N) is 2. The first-order valence-corrected chi connectivity index (χ1v) is 8.82. The fourth-order valence-electron chi connectivity index (χ4n) is 3.33. The number of alkyl halides is 3. The van der Waals surface area contributed by atoms with Crippen LogP contribution >= 0.6 is 0 Å². The second kappa shape index (κ2) is 6.90. The lowest BCUT2D eigenvalue weighted by atomic mass is 10.1. The third-order valence-corrected chi connectivity index (χ3v) is 4.76. The first-order valence-electron chi connectivity index (χ1n) is 8.82. The number of fused-ring (bicyclic) bond motifs is 1. The van der Waals surface area contributed by atoms with E-state index in [0.29, 0.717) is 36.3 Å². The standard InChI is InChI=1S/C19H18F3N5O/c1-11-8-23-16(24-11)10-27-7-6-15-14(9-27)18(28)26-17(25-15)12-2-4-13(5-3-12)19(20,21)22/h2-5,8H,6-7,9-10H2,1H3,(H,23,24)(H,25,26,28). The van der Waals surface area contributed by atoms with Crippen LogP contribution in [0.25, 0.3) is 11.4 Å². The highest BCUT2D eigenvalue weighted by Gasteiger charge is 2.30. The fourth-order valence-corrected chi connectivity index (χ4v) is 3.33. The second-order valence-electron chi connectivity index (χ2n) is 6.89. The largest absolute Gasteiger partial charge is 0.416 e. The lowest BCUT2D eigenvalue weighted by molar-refractivity contribution is -0.137. The van der Waals surface area contributed by atoms with Crippen LogP contribution in [-0.2, 0) is 25.7 Å². The molecular weight excluding hydrogens is 371 g/mol. The summed E-state index contributed by atoms with van der Waals surface area (Å²) in [5, 5.41) is 0. The lowest BCUT2D eigenvalue weighted by Crippen LogP contribution is -2.35. The minimum atomic E-state index is -4.40. The Balaban J connectivity index is 1.56. The van der Waals surface area contributed by atoms with Crippen LogP contribution in [-0.4, -0.2) is 31.4 Å². The maximum Gasteiger partial charge on any atom is 0.416 e. The zero-order valence-electron chi connectivity index (χ0n) is 15.1. The predicted molar refractivity (Wildman–Crippen MR) is 96.4 cm³/mol. The van der Waals surface area contributed by atoms with Gasteiger partial charge in [-0.25, -0.2) is 9.97 Å². The Bertz CT molecular complexity index is 1050. The van der Waals surface area contributed by atoms with Crippen molar-refractivity contribution in [3.05, 3.63) is 69.2 Å². The zero-order valence-corrected chi connectivity index (χ0v) is 15.1. The van der Waals surface area contributed by atoms with Crippen molar-refractivity contribution in [1.82, 2.24) is 24.8 Å². The minimum absolute atomic E-state index is 0.264. The molecule has 0 aliphatic carbocycles. The van der Waals surface area contributed by atoms with E-state index in [1.165, 1.54) is 12.1 Å². The van der Waals surface area contributed by atoms with E-state index in [9.17, 15) is 18.0 Å². The van der Waals surface area contributed by atoms with E-state index in [1.807, 2.05) is 6.92 Å². The molecule has 9 heteroatoms. The number of halogens is 3. The Morgan fingerprint density at radius 1 is 1.18 bits per heavy atom. The van der Waals surface area contributed by atoms with Crippen molar-refractivity contribution in [2.24, 2.45) is 0 Å². The van der Waals surface area contributed by atoms with Crippen molar-refractivity contribution < 1.29 is 13.2 Å². The molecular formula is C19H18F3N5O. The van der Waals surface area contributed by atoms with Crippen LogP contribution in [0, 0.1) is 6.92 Å². The Kier molecular flexibility index (Phi) is 4.54. The Labute approximate surface area is 158 Å². The maximum absolute atomic E-state index is 12.7. The summed E-state index contributed by atoms with van der Waals surface area (Å²) in [4.78, 5) is 29.3. The molecule has 28 heavy (non-hydrogen) atoms. The van der Waals surface area contributed by atoms with Gasteiger partial charge in [-0.15, -0.1) is 0 Å². The Morgan fingerprint density at radius 2 is 1.93 bits per heavy atom. The van der Waals surface area contributed by atoms with E-state index in [-0.39, 0.29) is 11.4 Å². The van der Waals surface area contributed by atoms with E-state index in [1.54, 1.807) is 6.20 Å². The number of hydrogen-bond donors (Lipinski definition) is 2. The molecule has 0 saturated carbocycles. The molecule has 1 aliphatic heterocycles. The van der Waals surface area contributed by atoms with Crippen molar-refractivity contribution in [2.45, 2.75) is 32.6 Å². The van der Waals surface area contributed by atoms with Gasteiger partial charge in [-0.3, -0.25) is 9.69 Å². The molecule has 0 amide bonds. The number of rotatable bonds is 3. The maximum atomic E-state index is 12.7. The summed E-state index contributed by atoms with van der Waals surface area (Å²) in [6.07, 6.45) is -2.05. The molecule has 0 unspecified atom stereocenters. The number of benzene rings is 1. The predicted octanol–water partition coefficient (Wildman–Crippen LogP) is 3.05. The van der Waals surface area contributed by atoms with Gasteiger partial charge < -0.3 is 9.97 Å². The smallest absolute Gasteiger partial charge is 0.345 e. The molecule has 2 aromatic heterocycles. The third-order valence-electron chi connectivity index (χ3n) is 4.76. The minimum Gasteiger partial charge on any atom is -0.345 e. The molecule has 0 bridgehead atoms. The zero-order chi connectivity index (χ0) is 19.9. The van der Waals surface area contributed by atoms with Gasteiger partial charge in [0.05, 0.1) is 23.4 Å². The summed E-state index contributed by atoms with van der Waals surface area (Å²) >= 11 is 0. The van der Waals surface area contributed by atoms with E-state index in [4.69, 9.17) is 0 Å². The van der Waals surface area contributed by atoms with Gasteiger partial charge in [0.1, 0.15) is 11.6 Å². The SMILES string of the molecule is Cc1cnc(CN2CCc3nc(-c4ccc(C(F)(F)F)cc4)[nH]c(=O)c3C2)[nH]1. The lowest BCUT2D eigenvalue weighted by Gasteiger charge is -2.26. The Hall–Kier alpha value is -2.94. The number of nitrogens with zero attached hydrogens (tertiary/aromatic N) is 3. The van der Waals surface area contributed by atoms with Crippen molar-refractivity contribution in [3.63, 3.8) is 0 Å². The molecule has 0 radical (unpaired) electrons. The first kappa shape index (κ1) is 18.4. The van der Waals surface area contributed by atoms with Gasteiger partial charge >= 0.3 is 6.18 Å². The van der Waals surface area contributed by atoms with Gasteiger partial charge in [-0.05, 0) is 19.1 Å². The van der Waals surface area contributed by atoms with Crippen LogP contribution in [0.5, 0.6) is 0 Å². The molecule has 2 N–H and O–H groups in total. The van der Waals surface area contributed by atoms with Crippen molar-refractivity contribution in [1.29, 1.82) is 0 Å². The van der Waals surface area contributed by atoms with E-state index in [2.05, 4.69) is 24.8 Å². The summed E-state index contributed by atoms with van der Waals surface area (Å²) in [5.41, 5.74) is 1.70. The van der Waals surface area contributed by atoms with E-state index >= 15 is 0 Å². The van der Waals surface area contributed by atoms with Gasteiger partial charge in [0, 0.05) is 37.0 Å². The molecule has 1 aromatic carbocycles. The van der Waals surface area contributed by atoms with Crippen molar-refractivity contribution in [3.8, 4) is 11.4 Å². The number of aromatic nitrogens is 4. The van der Waals surface area contributed by atoms with Gasteiger partial charge in [-0.2, -0.15) is 13.2 Å². The number of hydrogen-bond acceptors (Lipinski definition) is 4. The summed E-state index contributed by atoms with van der Waals surface area (Å²) < 4.78 is 38.2. The highest BCUT2D eigenvalue weighted by Crippen LogP contribution is 2.30.